The van der Waals surface area contributed by atoms with Crippen molar-refractivity contribution in [1.29, 1.82) is 0 Å². The molecular formula is C3H3ClF2. The van der Waals surface area contributed by atoms with Crippen molar-refractivity contribution in [2.75, 3.05) is 6.67 Å². The number of allylic oxidation sites excluding steroid dienone is 1. The summed E-state index contributed by atoms with van der Waals surface area (Å²) in [7, 11) is 0. The third-order valence-corrected chi connectivity index (χ3v) is 0.386. The van der Waals surface area contributed by atoms with Crippen molar-refractivity contribution < 1.29 is 8.78 Å². The number of alkyl halides is 1. The maximum Gasteiger partial charge on any atom is 0.187 e. The molecule has 0 atom stereocenters. The Balaban J connectivity index is 3.14. The van der Waals surface area contributed by atoms with Crippen molar-refractivity contribution in [3.63, 3.8) is 0 Å². The van der Waals surface area contributed by atoms with Crippen LogP contribution >= 0.6 is 11.6 Å². The monoisotopic (exact) mass is 112 g/mol. The molecule has 0 aromatic heterocycles. The SMILES string of the molecule is FC/C=C(\F)Cl. The van der Waals surface area contributed by atoms with Crippen molar-refractivity contribution in [3.8, 4) is 0 Å². The highest BCUT2D eigenvalue weighted by atomic mass is 35.5. The van der Waals surface area contributed by atoms with Gasteiger partial charge in [-0.2, -0.15) is 4.39 Å². The molecule has 6 heavy (non-hydrogen) atoms. The minimum absolute atomic E-state index is 0.640. The van der Waals surface area contributed by atoms with E-state index in [1.54, 1.807) is 0 Å². The van der Waals surface area contributed by atoms with E-state index in [9.17, 15) is 8.78 Å². The number of rotatable bonds is 1. The Bertz CT molecular complexity index is 55.8. The summed E-state index contributed by atoms with van der Waals surface area (Å²) in [5, 5.41) is -0.988. The van der Waals surface area contributed by atoms with Gasteiger partial charge in [-0.1, -0.05) is 11.6 Å². The van der Waals surface area contributed by atoms with Crippen LogP contribution in [0.2, 0.25) is 0 Å². The molecule has 0 aliphatic heterocycles. The molecule has 0 radical (unpaired) electrons. The lowest BCUT2D eigenvalue weighted by Gasteiger charge is -1.70. The van der Waals surface area contributed by atoms with Crippen LogP contribution in [0.1, 0.15) is 0 Å². The number of halogens is 3. The van der Waals surface area contributed by atoms with Gasteiger partial charge in [0.2, 0.25) is 0 Å². The molecule has 0 aromatic carbocycles. The Morgan fingerprint density at radius 2 is 2.33 bits per heavy atom. The van der Waals surface area contributed by atoms with E-state index in [0.717, 1.165) is 0 Å². The fourth-order valence-corrected chi connectivity index (χ4v) is 0.117. The van der Waals surface area contributed by atoms with Gasteiger partial charge in [-0.05, 0) is 6.08 Å². The molecule has 0 nitrogen and oxygen atoms in total. The molecule has 36 valence electrons. The summed E-state index contributed by atoms with van der Waals surface area (Å²) in [4.78, 5) is 0. The Morgan fingerprint density at radius 1 is 1.83 bits per heavy atom. The summed E-state index contributed by atoms with van der Waals surface area (Å²) in [6.07, 6.45) is 0.640. The van der Waals surface area contributed by atoms with E-state index in [2.05, 4.69) is 11.6 Å². The lowest BCUT2D eigenvalue weighted by molar-refractivity contribution is 0.551. The highest BCUT2D eigenvalue weighted by Gasteiger charge is 1.78. The topological polar surface area (TPSA) is 0 Å². The Hall–Kier alpha value is -0.110. The summed E-state index contributed by atoms with van der Waals surface area (Å²) >= 11 is 4.53. The maximum atomic E-state index is 11.1. The largest absolute Gasteiger partial charge is 0.246 e. The van der Waals surface area contributed by atoms with Crippen LogP contribution in [0.5, 0.6) is 0 Å². The van der Waals surface area contributed by atoms with Gasteiger partial charge in [0.1, 0.15) is 6.67 Å². The molecule has 0 bridgehead atoms. The van der Waals surface area contributed by atoms with E-state index < -0.39 is 12.0 Å². The first kappa shape index (κ1) is 5.89. The van der Waals surface area contributed by atoms with E-state index in [1.165, 1.54) is 0 Å². The second-order valence-corrected chi connectivity index (χ2v) is 1.01. The van der Waals surface area contributed by atoms with Gasteiger partial charge in [0.15, 0.2) is 5.29 Å². The van der Waals surface area contributed by atoms with Crippen LogP contribution in [-0.4, -0.2) is 6.67 Å². The van der Waals surface area contributed by atoms with E-state index in [-0.39, 0.29) is 0 Å². The summed E-state index contributed by atoms with van der Waals surface area (Å²) < 4.78 is 21.9. The van der Waals surface area contributed by atoms with Gasteiger partial charge in [-0.25, -0.2) is 4.39 Å². The quantitative estimate of drug-likeness (QED) is 0.487. The van der Waals surface area contributed by atoms with Gasteiger partial charge in [0.25, 0.3) is 0 Å². The zero-order chi connectivity index (χ0) is 4.99. The predicted molar refractivity (Wildman–Crippen MR) is 21.0 cm³/mol. The van der Waals surface area contributed by atoms with E-state index >= 15 is 0 Å². The van der Waals surface area contributed by atoms with Crippen molar-refractivity contribution in [2.24, 2.45) is 0 Å². The minimum Gasteiger partial charge on any atom is -0.246 e. The molecule has 0 aliphatic rings. The normalized spacial score (nSPS) is 12.2. The summed E-state index contributed by atoms with van der Waals surface area (Å²) in [6.45, 7) is -0.838. The van der Waals surface area contributed by atoms with Gasteiger partial charge in [0, 0.05) is 0 Å². The molecule has 3 heteroatoms. The van der Waals surface area contributed by atoms with E-state index in [0.29, 0.717) is 6.08 Å². The minimum atomic E-state index is -0.988. The maximum absolute atomic E-state index is 11.1. The van der Waals surface area contributed by atoms with Crippen molar-refractivity contribution >= 4 is 11.6 Å². The van der Waals surface area contributed by atoms with Crippen LogP contribution in [0.25, 0.3) is 0 Å². The average molecular weight is 113 g/mol. The summed E-state index contributed by atoms with van der Waals surface area (Å²) in [5.74, 6) is 0. The zero-order valence-electron chi connectivity index (χ0n) is 2.92. The van der Waals surface area contributed by atoms with Crippen LogP contribution in [0.4, 0.5) is 8.78 Å². The lowest BCUT2D eigenvalue weighted by atomic mass is 10.7. The van der Waals surface area contributed by atoms with Crippen LogP contribution in [0.3, 0.4) is 0 Å². The molecule has 0 rings (SSSR count). The molecule has 0 aromatic rings. The molecule has 0 unspecified atom stereocenters. The second kappa shape index (κ2) is 3.09. The van der Waals surface area contributed by atoms with Gasteiger partial charge < -0.3 is 0 Å². The van der Waals surface area contributed by atoms with Crippen LogP contribution in [0.15, 0.2) is 11.4 Å². The first-order valence-corrected chi connectivity index (χ1v) is 1.72. The highest BCUT2D eigenvalue weighted by Crippen LogP contribution is 1.99. The summed E-state index contributed by atoms with van der Waals surface area (Å²) in [5.41, 5.74) is 0. The highest BCUT2D eigenvalue weighted by molar-refractivity contribution is 6.28. The third kappa shape index (κ3) is 3.89. The first-order chi connectivity index (χ1) is 2.77. The lowest BCUT2D eigenvalue weighted by Crippen LogP contribution is -1.59. The third-order valence-electron chi connectivity index (χ3n) is 0.231. The van der Waals surface area contributed by atoms with E-state index in [1.807, 2.05) is 0 Å². The molecular weight excluding hydrogens is 109 g/mol. The fraction of sp³-hybridized carbons (Fsp3) is 0.333. The van der Waals surface area contributed by atoms with Gasteiger partial charge in [0.05, 0.1) is 0 Å². The van der Waals surface area contributed by atoms with Gasteiger partial charge in [-0.3, -0.25) is 0 Å². The Morgan fingerprint density at radius 3 is 2.33 bits per heavy atom. The molecule has 0 saturated heterocycles. The summed E-state index contributed by atoms with van der Waals surface area (Å²) in [6, 6.07) is 0. The molecule has 0 saturated carbocycles. The zero-order valence-corrected chi connectivity index (χ0v) is 3.67. The number of hydrogen-bond acceptors (Lipinski definition) is 0. The van der Waals surface area contributed by atoms with Crippen LogP contribution in [0, 0.1) is 0 Å². The fourth-order valence-electron chi connectivity index (χ4n) is 0.0583. The van der Waals surface area contributed by atoms with Gasteiger partial charge in [-0.15, -0.1) is 0 Å². The van der Waals surface area contributed by atoms with Crippen molar-refractivity contribution in [1.82, 2.24) is 0 Å². The Labute approximate surface area is 39.4 Å². The standard InChI is InChI=1S/C3H3ClF2/c4-3(6)1-2-5/h1H,2H2/b3-1-. The Kier molecular flexibility index (Phi) is 3.04. The number of hydrogen-bond donors (Lipinski definition) is 0. The van der Waals surface area contributed by atoms with Crippen LogP contribution < -0.4 is 0 Å². The molecule has 0 heterocycles. The molecule has 0 amide bonds. The van der Waals surface area contributed by atoms with Crippen molar-refractivity contribution in [3.05, 3.63) is 11.4 Å². The van der Waals surface area contributed by atoms with Crippen LogP contribution in [-0.2, 0) is 0 Å². The van der Waals surface area contributed by atoms with E-state index in [4.69, 9.17) is 0 Å². The molecule has 0 aliphatic carbocycles. The predicted octanol–water partition coefficient (Wildman–Crippen LogP) is 2.01. The molecule has 0 N–H and O–H groups in total. The molecule has 0 spiro atoms. The van der Waals surface area contributed by atoms with Crippen molar-refractivity contribution in [2.45, 2.75) is 0 Å². The molecule has 0 fully saturated rings. The smallest absolute Gasteiger partial charge is 0.187 e. The first-order valence-electron chi connectivity index (χ1n) is 1.34. The van der Waals surface area contributed by atoms with Gasteiger partial charge >= 0.3 is 0 Å². The average Bonchev–Trinajstić information content (AvgIpc) is 1.35. The second-order valence-electron chi connectivity index (χ2n) is 0.648.